The molecule has 0 amide bonds. The Kier molecular flexibility index (Phi) is 5.59. The molecule has 0 N–H and O–H groups in total. The smallest absolute Gasteiger partial charge is 0.237 e. The van der Waals surface area contributed by atoms with Crippen molar-refractivity contribution in [2.24, 2.45) is 0 Å². The minimum atomic E-state index is 0.527. The third kappa shape index (κ3) is 4.42. The molecular formula is C18H18N6OS2. The molecular weight excluding hydrogens is 380 g/mol. The number of aromatic nitrogens is 6. The van der Waals surface area contributed by atoms with E-state index in [0.29, 0.717) is 17.5 Å². The van der Waals surface area contributed by atoms with Crippen LogP contribution in [0.25, 0.3) is 11.4 Å². The van der Waals surface area contributed by atoms with Gasteiger partial charge in [0, 0.05) is 16.9 Å². The van der Waals surface area contributed by atoms with Crippen LogP contribution in [0.15, 0.2) is 51.5 Å². The third-order valence-corrected chi connectivity index (χ3v) is 5.94. The highest BCUT2D eigenvalue weighted by molar-refractivity contribution is 7.98. The van der Waals surface area contributed by atoms with Crippen LogP contribution in [0.5, 0.6) is 0 Å². The average molecular weight is 399 g/mol. The first-order chi connectivity index (χ1) is 13.3. The molecule has 7 nitrogen and oxygen atoms in total. The van der Waals surface area contributed by atoms with Crippen molar-refractivity contribution in [3.05, 3.63) is 58.1 Å². The summed E-state index contributed by atoms with van der Waals surface area (Å²) in [6.45, 7) is 2.88. The van der Waals surface area contributed by atoms with Crippen molar-refractivity contribution in [1.82, 2.24) is 30.3 Å². The maximum atomic E-state index is 5.37. The summed E-state index contributed by atoms with van der Waals surface area (Å²) >= 11 is 3.23. The van der Waals surface area contributed by atoms with Crippen LogP contribution >= 0.6 is 23.1 Å². The molecule has 4 aromatic rings. The highest BCUT2D eigenvalue weighted by Crippen LogP contribution is 2.22. The molecule has 0 aliphatic carbocycles. The molecule has 0 spiro atoms. The lowest BCUT2D eigenvalue weighted by atomic mass is 10.1. The SMILES string of the molecule is CCc1ccc(-c2noc(CSc3nnnn3CCc3cccs3)n2)cc1. The van der Waals surface area contributed by atoms with Crippen LogP contribution in [0, 0.1) is 0 Å². The number of aryl methyl sites for hydroxylation is 3. The number of rotatable bonds is 8. The summed E-state index contributed by atoms with van der Waals surface area (Å²) in [5.74, 6) is 1.69. The normalized spacial score (nSPS) is 11.1. The molecule has 0 bridgehead atoms. The van der Waals surface area contributed by atoms with Gasteiger partial charge < -0.3 is 4.52 Å². The lowest BCUT2D eigenvalue weighted by Gasteiger charge is -2.01. The predicted molar refractivity (Wildman–Crippen MR) is 105 cm³/mol. The fourth-order valence-electron chi connectivity index (χ4n) is 2.56. The molecule has 0 aliphatic heterocycles. The van der Waals surface area contributed by atoms with E-state index in [4.69, 9.17) is 4.52 Å². The Morgan fingerprint density at radius 3 is 2.85 bits per heavy atom. The largest absolute Gasteiger partial charge is 0.338 e. The maximum absolute atomic E-state index is 5.37. The zero-order valence-electron chi connectivity index (χ0n) is 14.8. The first-order valence-corrected chi connectivity index (χ1v) is 10.5. The van der Waals surface area contributed by atoms with E-state index in [9.17, 15) is 0 Å². The number of hydrogen-bond donors (Lipinski definition) is 0. The van der Waals surface area contributed by atoms with E-state index in [0.717, 1.165) is 30.1 Å². The number of thioether (sulfide) groups is 1. The molecule has 0 unspecified atom stereocenters. The average Bonchev–Trinajstić information content (AvgIpc) is 3.46. The summed E-state index contributed by atoms with van der Waals surface area (Å²) in [6.07, 6.45) is 1.92. The van der Waals surface area contributed by atoms with Gasteiger partial charge in [-0.2, -0.15) is 4.98 Å². The van der Waals surface area contributed by atoms with Crippen LogP contribution in [0.1, 0.15) is 23.3 Å². The van der Waals surface area contributed by atoms with E-state index >= 15 is 0 Å². The van der Waals surface area contributed by atoms with Crippen molar-refractivity contribution in [3.63, 3.8) is 0 Å². The molecule has 0 radical (unpaired) electrons. The second-order valence-corrected chi connectivity index (χ2v) is 7.84. The Bertz CT molecular complexity index is 978. The minimum Gasteiger partial charge on any atom is -0.338 e. The molecule has 0 atom stereocenters. The summed E-state index contributed by atoms with van der Waals surface area (Å²) in [5, 5.41) is 18.8. The Morgan fingerprint density at radius 1 is 1.19 bits per heavy atom. The van der Waals surface area contributed by atoms with Gasteiger partial charge in [-0.25, -0.2) is 4.68 Å². The molecule has 4 rings (SSSR count). The van der Waals surface area contributed by atoms with Gasteiger partial charge in [-0.1, -0.05) is 54.2 Å². The van der Waals surface area contributed by atoms with E-state index in [1.54, 1.807) is 11.3 Å². The molecule has 0 saturated heterocycles. The van der Waals surface area contributed by atoms with Crippen LogP contribution in [0.2, 0.25) is 0 Å². The molecule has 3 aromatic heterocycles. The summed E-state index contributed by atoms with van der Waals surface area (Å²) in [4.78, 5) is 5.79. The van der Waals surface area contributed by atoms with Gasteiger partial charge in [-0.3, -0.25) is 0 Å². The van der Waals surface area contributed by atoms with Crippen LogP contribution in [-0.4, -0.2) is 30.3 Å². The fourth-order valence-corrected chi connectivity index (χ4v) is 4.00. The lowest BCUT2D eigenvalue weighted by Crippen LogP contribution is -2.04. The van der Waals surface area contributed by atoms with Gasteiger partial charge in [0.25, 0.3) is 0 Å². The second-order valence-electron chi connectivity index (χ2n) is 5.86. The second kappa shape index (κ2) is 8.45. The molecule has 9 heteroatoms. The van der Waals surface area contributed by atoms with Crippen molar-refractivity contribution < 1.29 is 4.52 Å². The van der Waals surface area contributed by atoms with Gasteiger partial charge in [0.2, 0.25) is 16.9 Å². The lowest BCUT2D eigenvalue weighted by molar-refractivity contribution is 0.391. The monoisotopic (exact) mass is 398 g/mol. The molecule has 27 heavy (non-hydrogen) atoms. The van der Waals surface area contributed by atoms with E-state index < -0.39 is 0 Å². The first-order valence-electron chi connectivity index (χ1n) is 8.65. The summed E-state index contributed by atoms with van der Waals surface area (Å²) < 4.78 is 7.19. The highest BCUT2D eigenvalue weighted by atomic mass is 32.2. The number of nitrogens with zero attached hydrogens (tertiary/aromatic N) is 6. The summed E-state index contributed by atoms with van der Waals surface area (Å²) in [5.41, 5.74) is 2.24. The van der Waals surface area contributed by atoms with Crippen LogP contribution in [-0.2, 0) is 25.1 Å². The van der Waals surface area contributed by atoms with Crippen molar-refractivity contribution in [2.45, 2.75) is 37.2 Å². The van der Waals surface area contributed by atoms with E-state index in [2.05, 4.69) is 62.2 Å². The van der Waals surface area contributed by atoms with Crippen molar-refractivity contribution in [3.8, 4) is 11.4 Å². The molecule has 3 heterocycles. The Labute approximate surface area is 164 Å². The maximum Gasteiger partial charge on any atom is 0.237 e. The molecule has 1 aromatic carbocycles. The van der Waals surface area contributed by atoms with Gasteiger partial charge >= 0.3 is 0 Å². The zero-order chi connectivity index (χ0) is 18.5. The van der Waals surface area contributed by atoms with Gasteiger partial charge in [0.1, 0.15) is 0 Å². The first kappa shape index (κ1) is 17.9. The van der Waals surface area contributed by atoms with E-state index in [1.165, 1.54) is 22.2 Å². The number of benzene rings is 1. The summed E-state index contributed by atoms with van der Waals surface area (Å²) in [7, 11) is 0. The quantitative estimate of drug-likeness (QED) is 0.417. The molecule has 138 valence electrons. The number of hydrogen-bond acceptors (Lipinski definition) is 8. The van der Waals surface area contributed by atoms with Crippen molar-refractivity contribution >= 4 is 23.1 Å². The number of thiophene rings is 1. The van der Waals surface area contributed by atoms with Gasteiger partial charge in [-0.05, 0) is 33.9 Å². The Hall–Kier alpha value is -2.52. The van der Waals surface area contributed by atoms with Crippen molar-refractivity contribution in [1.29, 1.82) is 0 Å². The predicted octanol–water partition coefficient (Wildman–Crippen LogP) is 3.88. The fraction of sp³-hybridized carbons (Fsp3) is 0.278. The topological polar surface area (TPSA) is 82.5 Å². The van der Waals surface area contributed by atoms with E-state index in [1.807, 2.05) is 16.8 Å². The minimum absolute atomic E-state index is 0.527. The highest BCUT2D eigenvalue weighted by Gasteiger charge is 2.12. The molecule has 0 saturated carbocycles. The van der Waals surface area contributed by atoms with Gasteiger partial charge in [0.05, 0.1) is 12.3 Å². The van der Waals surface area contributed by atoms with E-state index in [-0.39, 0.29) is 0 Å². The van der Waals surface area contributed by atoms with Crippen LogP contribution in [0.3, 0.4) is 0 Å². The Morgan fingerprint density at radius 2 is 2.07 bits per heavy atom. The molecule has 0 fully saturated rings. The van der Waals surface area contributed by atoms with Crippen LogP contribution in [0.4, 0.5) is 0 Å². The summed E-state index contributed by atoms with van der Waals surface area (Å²) in [6, 6.07) is 12.4. The van der Waals surface area contributed by atoms with Gasteiger partial charge in [0.15, 0.2) is 0 Å². The molecule has 0 aliphatic rings. The number of tetrazole rings is 1. The van der Waals surface area contributed by atoms with Gasteiger partial charge in [-0.15, -0.1) is 16.4 Å². The van der Waals surface area contributed by atoms with Crippen LogP contribution < -0.4 is 0 Å². The third-order valence-electron chi connectivity index (χ3n) is 4.06. The standard InChI is InChI=1S/C18H18N6OS2/c1-2-13-5-7-14(8-6-13)17-19-16(25-21-17)12-27-18-20-22-23-24(18)10-9-15-4-3-11-26-15/h3-8,11H,2,9-10,12H2,1H3. The Balaban J connectivity index is 1.37. The van der Waals surface area contributed by atoms with Crippen molar-refractivity contribution in [2.75, 3.05) is 0 Å². The zero-order valence-corrected chi connectivity index (χ0v) is 16.4.